The highest BCUT2D eigenvalue weighted by atomic mass is 35.5. The number of halogens is 1. The molecule has 0 aliphatic heterocycles. The second-order valence-electron chi connectivity index (χ2n) is 8.70. The molecule has 3 N–H and O–H groups in total. The predicted octanol–water partition coefficient (Wildman–Crippen LogP) is 4.46. The maximum absolute atomic E-state index is 13.1. The predicted molar refractivity (Wildman–Crippen MR) is 151 cm³/mol. The van der Waals surface area contributed by atoms with E-state index < -0.39 is 17.1 Å². The fourth-order valence-corrected chi connectivity index (χ4v) is 4.54. The van der Waals surface area contributed by atoms with Gasteiger partial charge < -0.3 is 19.6 Å². The molecule has 0 bridgehead atoms. The van der Waals surface area contributed by atoms with Crippen LogP contribution in [-0.4, -0.2) is 46.1 Å². The number of ether oxygens (including phenoxy) is 2. The molecule has 39 heavy (non-hydrogen) atoms. The summed E-state index contributed by atoms with van der Waals surface area (Å²) in [7, 11) is 3.14. The second kappa shape index (κ2) is 10.9. The van der Waals surface area contributed by atoms with E-state index in [0.29, 0.717) is 35.0 Å². The van der Waals surface area contributed by atoms with Crippen LogP contribution in [0.5, 0.6) is 17.4 Å². The van der Waals surface area contributed by atoms with E-state index in [0.717, 1.165) is 26.8 Å². The Labute approximate surface area is 228 Å². The van der Waals surface area contributed by atoms with Crippen LogP contribution in [0.3, 0.4) is 0 Å². The zero-order valence-corrected chi connectivity index (χ0v) is 22.0. The lowest BCUT2D eigenvalue weighted by Gasteiger charge is -2.14. The number of aromatic hydroxyl groups is 1. The van der Waals surface area contributed by atoms with Crippen molar-refractivity contribution in [2.75, 3.05) is 20.8 Å². The molecule has 0 fully saturated rings. The van der Waals surface area contributed by atoms with Gasteiger partial charge in [-0.2, -0.15) is 0 Å². The summed E-state index contributed by atoms with van der Waals surface area (Å²) in [5.41, 5.74) is 1.44. The van der Waals surface area contributed by atoms with Crippen LogP contribution in [0.1, 0.15) is 16.7 Å². The summed E-state index contributed by atoms with van der Waals surface area (Å²) in [6.07, 6.45) is 2.46. The fraction of sp³-hybridized carbons (Fsp3) is 0.138. The highest BCUT2D eigenvalue weighted by Gasteiger charge is 2.22. The van der Waals surface area contributed by atoms with Gasteiger partial charge in [-0.05, 0) is 66.6 Å². The Kier molecular flexibility index (Phi) is 7.25. The number of hydrogen-bond acceptors (Lipinski definition) is 6. The lowest BCUT2D eigenvalue weighted by Crippen LogP contribution is -2.33. The van der Waals surface area contributed by atoms with Crippen LogP contribution in [-0.2, 0) is 6.42 Å². The Morgan fingerprint density at radius 2 is 1.67 bits per heavy atom. The average molecular weight is 545 g/mol. The standard InChI is InChI=1S/C29H25ClN4O5/c1-38-21-9-7-20(8-10-21)34-28(36)25(27(35)33-29(34)37)26(17-3-5-19(30)6-4-17)31-14-13-18-16-32-24-12-11-22(39-2)15-23(18)24/h3-12,15-16,32,36H,13-14H2,1-2H3,(H,33,35,37). The van der Waals surface area contributed by atoms with Crippen LogP contribution in [0.4, 0.5) is 0 Å². The van der Waals surface area contributed by atoms with Gasteiger partial charge in [-0.15, -0.1) is 0 Å². The van der Waals surface area contributed by atoms with E-state index in [1.165, 1.54) is 7.11 Å². The van der Waals surface area contributed by atoms with E-state index in [2.05, 4.69) is 9.97 Å². The van der Waals surface area contributed by atoms with Gasteiger partial charge in [0.05, 0.1) is 25.6 Å². The third-order valence-electron chi connectivity index (χ3n) is 6.40. The molecule has 0 radical (unpaired) electrons. The number of methoxy groups -OCH3 is 2. The second-order valence-corrected chi connectivity index (χ2v) is 9.14. The lowest BCUT2D eigenvalue weighted by molar-refractivity contribution is 0.414. The highest BCUT2D eigenvalue weighted by molar-refractivity contribution is 6.30. The molecule has 198 valence electrons. The Morgan fingerprint density at radius 1 is 0.974 bits per heavy atom. The molecule has 2 aromatic heterocycles. The molecule has 2 heterocycles. The van der Waals surface area contributed by atoms with Crippen molar-refractivity contribution in [3.8, 4) is 23.1 Å². The number of fused-ring (bicyclic) bond motifs is 1. The van der Waals surface area contributed by atoms with Gasteiger partial charge in [0.2, 0.25) is 5.88 Å². The molecule has 9 nitrogen and oxygen atoms in total. The van der Waals surface area contributed by atoms with E-state index >= 15 is 0 Å². The van der Waals surface area contributed by atoms with Crippen LogP contribution in [0.2, 0.25) is 5.02 Å². The molecule has 0 aliphatic carbocycles. The van der Waals surface area contributed by atoms with Gasteiger partial charge >= 0.3 is 5.69 Å². The van der Waals surface area contributed by atoms with Crippen LogP contribution in [0, 0.1) is 0 Å². The van der Waals surface area contributed by atoms with E-state index in [1.54, 1.807) is 55.6 Å². The molecule has 0 saturated carbocycles. The van der Waals surface area contributed by atoms with Gasteiger partial charge in [-0.1, -0.05) is 23.7 Å². The molecular weight excluding hydrogens is 520 g/mol. The number of benzene rings is 3. The van der Waals surface area contributed by atoms with Crippen LogP contribution in [0.25, 0.3) is 16.6 Å². The third-order valence-corrected chi connectivity index (χ3v) is 6.65. The first kappa shape index (κ1) is 25.9. The number of nitrogens with one attached hydrogen (secondary N) is 2. The molecule has 5 rings (SSSR count). The number of aliphatic imine (C=N–C) groups is 1. The normalized spacial score (nSPS) is 11.6. The van der Waals surface area contributed by atoms with Gasteiger partial charge in [0.15, 0.2) is 0 Å². The summed E-state index contributed by atoms with van der Waals surface area (Å²) in [6, 6.07) is 19.0. The summed E-state index contributed by atoms with van der Waals surface area (Å²) < 4.78 is 11.6. The molecular formula is C29H25ClN4O5. The lowest BCUT2D eigenvalue weighted by atomic mass is 10.0. The maximum Gasteiger partial charge on any atom is 0.335 e. The number of aromatic nitrogens is 3. The zero-order chi connectivity index (χ0) is 27.5. The van der Waals surface area contributed by atoms with Crippen LogP contribution < -0.4 is 20.7 Å². The maximum atomic E-state index is 13.1. The van der Waals surface area contributed by atoms with Crippen LogP contribution >= 0.6 is 11.6 Å². The number of hydrogen-bond donors (Lipinski definition) is 3. The van der Waals surface area contributed by atoms with Crippen molar-refractivity contribution in [3.05, 3.63) is 115 Å². The molecule has 0 spiro atoms. The van der Waals surface area contributed by atoms with Crippen molar-refractivity contribution in [2.45, 2.75) is 6.42 Å². The molecule has 0 amide bonds. The first-order chi connectivity index (χ1) is 18.9. The molecule has 0 saturated heterocycles. The van der Waals surface area contributed by atoms with Gasteiger partial charge in [-0.3, -0.25) is 14.8 Å². The van der Waals surface area contributed by atoms with Crippen molar-refractivity contribution >= 4 is 28.2 Å². The summed E-state index contributed by atoms with van der Waals surface area (Å²) in [4.78, 5) is 36.2. The quantitative estimate of drug-likeness (QED) is 0.249. The summed E-state index contributed by atoms with van der Waals surface area (Å²) in [5.74, 6) is 0.791. The van der Waals surface area contributed by atoms with Crippen molar-refractivity contribution < 1.29 is 14.6 Å². The molecule has 0 unspecified atom stereocenters. The minimum Gasteiger partial charge on any atom is -0.497 e. The van der Waals surface area contributed by atoms with Gasteiger partial charge in [0.25, 0.3) is 5.56 Å². The Morgan fingerprint density at radius 3 is 2.36 bits per heavy atom. The molecule has 3 aromatic carbocycles. The van der Waals surface area contributed by atoms with Crippen molar-refractivity contribution in [3.63, 3.8) is 0 Å². The van der Waals surface area contributed by atoms with Gasteiger partial charge in [0.1, 0.15) is 17.1 Å². The Bertz CT molecular complexity index is 1780. The Hall–Kier alpha value is -4.76. The smallest absolute Gasteiger partial charge is 0.335 e. The number of rotatable bonds is 8. The monoisotopic (exact) mass is 544 g/mol. The van der Waals surface area contributed by atoms with Gasteiger partial charge in [0, 0.05) is 34.2 Å². The average Bonchev–Trinajstić information content (AvgIpc) is 3.35. The van der Waals surface area contributed by atoms with Crippen molar-refractivity contribution in [1.82, 2.24) is 14.5 Å². The summed E-state index contributed by atoms with van der Waals surface area (Å²) >= 11 is 6.10. The first-order valence-electron chi connectivity index (χ1n) is 12.1. The van der Waals surface area contributed by atoms with E-state index in [4.69, 9.17) is 26.1 Å². The third kappa shape index (κ3) is 5.17. The first-order valence-corrected chi connectivity index (χ1v) is 12.4. The van der Waals surface area contributed by atoms with Crippen molar-refractivity contribution in [1.29, 1.82) is 0 Å². The van der Waals surface area contributed by atoms with E-state index in [9.17, 15) is 14.7 Å². The molecule has 0 aliphatic rings. The van der Waals surface area contributed by atoms with Crippen molar-refractivity contribution in [2.24, 2.45) is 4.99 Å². The highest BCUT2D eigenvalue weighted by Crippen LogP contribution is 2.25. The van der Waals surface area contributed by atoms with Crippen LogP contribution in [0.15, 0.2) is 87.5 Å². The number of aromatic amines is 2. The SMILES string of the molecule is COc1ccc(-n2c(O)c(C(=NCCc3c[nH]c4ccc(OC)cc34)c3ccc(Cl)cc3)c(=O)[nH]c2=O)cc1. The van der Waals surface area contributed by atoms with Gasteiger partial charge in [-0.25, -0.2) is 9.36 Å². The fourth-order valence-electron chi connectivity index (χ4n) is 4.41. The topological polar surface area (TPSA) is 122 Å². The van der Waals surface area contributed by atoms with E-state index in [1.807, 2.05) is 24.4 Å². The zero-order valence-electron chi connectivity index (χ0n) is 21.2. The minimum atomic E-state index is -0.783. The number of nitrogens with zero attached hydrogens (tertiary/aromatic N) is 2. The minimum absolute atomic E-state index is 0.131. The molecule has 10 heteroatoms. The Balaban J connectivity index is 1.59. The largest absolute Gasteiger partial charge is 0.497 e. The molecule has 0 atom stereocenters. The summed E-state index contributed by atoms with van der Waals surface area (Å²) in [5, 5.41) is 12.8. The number of H-pyrrole nitrogens is 2. The summed E-state index contributed by atoms with van der Waals surface area (Å²) in [6.45, 7) is 0.294. The van der Waals surface area contributed by atoms with E-state index in [-0.39, 0.29) is 11.3 Å². The molecule has 5 aromatic rings.